The van der Waals surface area contributed by atoms with E-state index in [1.165, 1.54) is 6.42 Å². The topological polar surface area (TPSA) is 42.2 Å². The summed E-state index contributed by atoms with van der Waals surface area (Å²) < 4.78 is 0.994. The molecule has 1 fully saturated rings. The Morgan fingerprint density at radius 1 is 1.38 bits per heavy atom. The molecule has 3 nitrogen and oxygen atoms in total. The SMILES string of the molecule is CC1CC(C)CN(c2ncc(N)cc2Br)C1. The molecule has 1 aliphatic rings. The number of pyridine rings is 1. The molecular weight excluding hydrogens is 266 g/mol. The molecule has 16 heavy (non-hydrogen) atoms. The maximum Gasteiger partial charge on any atom is 0.143 e. The van der Waals surface area contributed by atoms with E-state index < -0.39 is 0 Å². The first-order valence-electron chi connectivity index (χ1n) is 5.72. The highest BCUT2D eigenvalue weighted by Crippen LogP contribution is 2.30. The fourth-order valence-corrected chi connectivity index (χ4v) is 3.13. The van der Waals surface area contributed by atoms with Crippen LogP contribution >= 0.6 is 15.9 Å². The molecule has 1 aliphatic heterocycles. The summed E-state index contributed by atoms with van der Waals surface area (Å²) in [5, 5.41) is 0. The highest BCUT2D eigenvalue weighted by atomic mass is 79.9. The number of anilines is 2. The number of nitrogens with zero attached hydrogens (tertiary/aromatic N) is 2. The van der Waals surface area contributed by atoms with Gasteiger partial charge in [-0.25, -0.2) is 4.98 Å². The minimum Gasteiger partial charge on any atom is -0.397 e. The number of piperidine rings is 1. The van der Waals surface area contributed by atoms with Crippen molar-refractivity contribution >= 4 is 27.4 Å². The summed E-state index contributed by atoms with van der Waals surface area (Å²) >= 11 is 3.54. The van der Waals surface area contributed by atoms with Crippen LogP contribution in [-0.4, -0.2) is 18.1 Å². The zero-order valence-corrected chi connectivity index (χ0v) is 11.4. The molecule has 2 rings (SSSR count). The molecule has 0 bridgehead atoms. The second-order valence-electron chi connectivity index (χ2n) is 4.93. The Bertz CT molecular complexity index is 371. The number of rotatable bonds is 1. The van der Waals surface area contributed by atoms with Crippen molar-refractivity contribution in [2.75, 3.05) is 23.7 Å². The number of nitrogen functional groups attached to an aromatic ring is 1. The van der Waals surface area contributed by atoms with Gasteiger partial charge in [0.25, 0.3) is 0 Å². The molecule has 1 aromatic rings. The highest BCUT2D eigenvalue weighted by molar-refractivity contribution is 9.10. The summed E-state index contributed by atoms with van der Waals surface area (Å²) in [7, 11) is 0. The lowest BCUT2D eigenvalue weighted by molar-refractivity contribution is 0.355. The zero-order chi connectivity index (χ0) is 11.7. The van der Waals surface area contributed by atoms with Crippen molar-refractivity contribution in [2.45, 2.75) is 20.3 Å². The second kappa shape index (κ2) is 4.62. The van der Waals surface area contributed by atoms with Crippen LogP contribution in [0.1, 0.15) is 20.3 Å². The Balaban J connectivity index is 2.23. The van der Waals surface area contributed by atoms with E-state index >= 15 is 0 Å². The fourth-order valence-electron chi connectivity index (χ4n) is 2.51. The van der Waals surface area contributed by atoms with Crippen molar-refractivity contribution in [1.29, 1.82) is 0 Å². The maximum atomic E-state index is 5.70. The van der Waals surface area contributed by atoms with Crippen LogP contribution in [0.5, 0.6) is 0 Å². The van der Waals surface area contributed by atoms with Gasteiger partial charge < -0.3 is 10.6 Å². The van der Waals surface area contributed by atoms with E-state index in [2.05, 4.69) is 39.7 Å². The van der Waals surface area contributed by atoms with Gasteiger partial charge in [0, 0.05) is 13.1 Å². The molecule has 4 heteroatoms. The smallest absolute Gasteiger partial charge is 0.143 e. The third kappa shape index (κ3) is 2.48. The van der Waals surface area contributed by atoms with Crippen molar-refractivity contribution in [3.63, 3.8) is 0 Å². The molecule has 0 aliphatic carbocycles. The first-order chi connectivity index (χ1) is 7.56. The van der Waals surface area contributed by atoms with E-state index in [0.717, 1.165) is 35.2 Å². The molecule has 0 spiro atoms. The Kier molecular flexibility index (Phi) is 3.38. The number of nitrogens with two attached hydrogens (primary N) is 1. The lowest BCUT2D eigenvalue weighted by Crippen LogP contribution is -2.39. The van der Waals surface area contributed by atoms with Crippen LogP contribution in [0, 0.1) is 11.8 Å². The first kappa shape index (κ1) is 11.7. The number of aromatic nitrogens is 1. The van der Waals surface area contributed by atoms with E-state index in [1.807, 2.05) is 6.07 Å². The average Bonchev–Trinajstić information content (AvgIpc) is 2.15. The largest absolute Gasteiger partial charge is 0.397 e. The minimum absolute atomic E-state index is 0.703. The van der Waals surface area contributed by atoms with Crippen molar-refractivity contribution in [1.82, 2.24) is 4.98 Å². The van der Waals surface area contributed by atoms with Crippen molar-refractivity contribution in [3.8, 4) is 0 Å². The molecule has 0 radical (unpaired) electrons. The third-order valence-electron chi connectivity index (χ3n) is 3.01. The predicted octanol–water partition coefficient (Wildman–Crippen LogP) is 2.91. The van der Waals surface area contributed by atoms with Gasteiger partial charge in [0.05, 0.1) is 16.4 Å². The first-order valence-corrected chi connectivity index (χ1v) is 6.51. The van der Waals surface area contributed by atoms with Gasteiger partial charge in [-0.2, -0.15) is 0 Å². The van der Waals surface area contributed by atoms with E-state index in [0.29, 0.717) is 5.69 Å². The van der Waals surface area contributed by atoms with E-state index in [4.69, 9.17) is 5.73 Å². The van der Waals surface area contributed by atoms with Gasteiger partial charge in [0.2, 0.25) is 0 Å². The Morgan fingerprint density at radius 2 is 2.00 bits per heavy atom. The summed E-state index contributed by atoms with van der Waals surface area (Å²) in [6.45, 7) is 6.77. The summed E-state index contributed by atoms with van der Waals surface area (Å²) in [5.74, 6) is 2.48. The standard InChI is InChI=1S/C12H18BrN3/c1-8-3-9(2)7-16(6-8)12-11(13)4-10(14)5-15-12/h4-5,8-9H,3,6-7,14H2,1-2H3. The Hall–Kier alpha value is -0.770. The number of hydrogen-bond donors (Lipinski definition) is 1. The second-order valence-corrected chi connectivity index (χ2v) is 5.78. The van der Waals surface area contributed by atoms with Gasteiger partial charge in [0.1, 0.15) is 5.82 Å². The number of hydrogen-bond acceptors (Lipinski definition) is 3. The van der Waals surface area contributed by atoms with Crippen molar-refractivity contribution in [3.05, 3.63) is 16.7 Å². The van der Waals surface area contributed by atoms with Gasteiger partial charge in [-0.15, -0.1) is 0 Å². The minimum atomic E-state index is 0.703. The summed E-state index contributed by atoms with van der Waals surface area (Å²) in [4.78, 5) is 6.77. The van der Waals surface area contributed by atoms with Gasteiger partial charge in [-0.3, -0.25) is 0 Å². The van der Waals surface area contributed by atoms with Crippen LogP contribution in [0.25, 0.3) is 0 Å². The van der Waals surface area contributed by atoms with Crippen LogP contribution in [0.15, 0.2) is 16.7 Å². The molecule has 2 unspecified atom stereocenters. The van der Waals surface area contributed by atoms with Crippen LogP contribution in [0.2, 0.25) is 0 Å². The highest BCUT2D eigenvalue weighted by Gasteiger charge is 2.23. The quantitative estimate of drug-likeness (QED) is 0.862. The molecule has 1 aromatic heterocycles. The monoisotopic (exact) mass is 283 g/mol. The van der Waals surface area contributed by atoms with Crippen LogP contribution in [0.3, 0.4) is 0 Å². The Morgan fingerprint density at radius 3 is 2.56 bits per heavy atom. The number of halogens is 1. The molecule has 0 aromatic carbocycles. The van der Waals surface area contributed by atoms with Crippen molar-refractivity contribution in [2.24, 2.45) is 11.8 Å². The lowest BCUT2D eigenvalue weighted by Gasteiger charge is -2.36. The van der Waals surface area contributed by atoms with Gasteiger partial charge in [-0.05, 0) is 40.3 Å². The predicted molar refractivity (Wildman–Crippen MR) is 71.5 cm³/mol. The van der Waals surface area contributed by atoms with E-state index in [9.17, 15) is 0 Å². The van der Waals surface area contributed by atoms with E-state index in [1.54, 1.807) is 6.20 Å². The molecule has 1 saturated heterocycles. The lowest BCUT2D eigenvalue weighted by atomic mass is 9.92. The zero-order valence-electron chi connectivity index (χ0n) is 9.78. The van der Waals surface area contributed by atoms with Crippen LogP contribution < -0.4 is 10.6 Å². The van der Waals surface area contributed by atoms with Gasteiger partial charge >= 0.3 is 0 Å². The Labute approximate surface area is 105 Å². The summed E-state index contributed by atoms with van der Waals surface area (Å²) in [6, 6.07) is 1.92. The third-order valence-corrected chi connectivity index (χ3v) is 3.59. The van der Waals surface area contributed by atoms with Gasteiger partial charge in [-0.1, -0.05) is 13.8 Å². The summed E-state index contributed by atoms with van der Waals surface area (Å²) in [6.07, 6.45) is 3.03. The molecule has 0 saturated carbocycles. The van der Waals surface area contributed by atoms with E-state index in [-0.39, 0.29) is 0 Å². The van der Waals surface area contributed by atoms with Crippen molar-refractivity contribution < 1.29 is 0 Å². The average molecular weight is 284 g/mol. The fraction of sp³-hybridized carbons (Fsp3) is 0.583. The molecule has 88 valence electrons. The van der Waals surface area contributed by atoms with Gasteiger partial charge in [0.15, 0.2) is 0 Å². The summed E-state index contributed by atoms with van der Waals surface area (Å²) in [5.41, 5.74) is 6.40. The molecule has 0 amide bonds. The van der Waals surface area contributed by atoms with Crippen LogP contribution in [-0.2, 0) is 0 Å². The van der Waals surface area contributed by atoms with Crippen LogP contribution in [0.4, 0.5) is 11.5 Å². The molecule has 2 N–H and O–H groups in total. The molecule has 2 atom stereocenters. The maximum absolute atomic E-state index is 5.70. The molecular formula is C12H18BrN3. The normalized spacial score (nSPS) is 25.8. The molecule has 2 heterocycles.